The largest absolute Gasteiger partial charge is 0.497 e. The van der Waals surface area contributed by atoms with Gasteiger partial charge in [-0.1, -0.05) is 0 Å². The average molecular weight is 383 g/mol. The van der Waals surface area contributed by atoms with Crippen LogP contribution in [0.2, 0.25) is 0 Å². The first-order valence-corrected chi connectivity index (χ1v) is 9.70. The number of aryl methyl sites for hydroxylation is 2. The van der Waals surface area contributed by atoms with Crippen molar-refractivity contribution < 1.29 is 14.3 Å². The number of amides is 1. The van der Waals surface area contributed by atoms with E-state index in [1.165, 1.54) is 17.3 Å². The first-order valence-electron chi connectivity index (χ1n) is 8.72. The molecule has 0 atom stereocenters. The Labute approximate surface area is 162 Å². The highest BCUT2D eigenvalue weighted by molar-refractivity contribution is 7.99. The van der Waals surface area contributed by atoms with Crippen molar-refractivity contribution in [2.45, 2.75) is 30.7 Å². The molecule has 0 bridgehead atoms. The van der Waals surface area contributed by atoms with Gasteiger partial charge in [-0.2, -0.15) is 5.26 Å². The Morgan fingerprint density at radius 2 is 2.15 bits per heavy atom. The summed E-state index contributed by atoms with van der Waals surface area (Å²) >= 11 is 1.45. The minimum atomic E-state index is -0.120. The fourth-order valence-corrected chi connectivity index (χ4v) is 3.91. The van der Waals surface area contributed by atoms with Crippen LogP contribution in [0.15, 0.2) is 29.3 Å². The van der Waals surface area contributed by atoms with Gasteiger partial charge >= 0.3 is 0 Å². The second-order valence-corrected chi connectivity index (χ2v) is 7.21. The summed E-state index contributed by atoms with van der Waals surface area (Å²) in [6.07, 6.45) is 3.36. The molecule has 0 saturated carbocycles. The number of nitrogens with zero attached hydrogens (tertiary/aromatic N) is 2. The summed E-state index contributed by atoms with van der Waals surface area (Å²) in [4.78, 5) is 16.9. The lowest BCUT2D eigenvalue weighted by Crippen LogP contribution is -2.13. The van der Waals surface area contributed by atoms with Crippen LogP contribution in [-0.4, -0.2) is 30.9 Å². The van der Waals surface area contributed by atoms with E-state index in [9.17, 15) is 10.1 Å². The van der Waals surface area contributed by atoms with Crippen LogP contribution in [0.25, 0.3) is 0 Å². The van der Waals surface area contributed by atoms with Gasteiger partial charge in [-0.05, 0) is 43.0 Å². The maximum absolute atomic E-state index is 12.3. The van der Waals surface area contributed by atoms with Crippen LogP contribution in [-0.2, 0) is 17.6 Å². The van der Waals surface area contributed by atoms with Gasteiger partial charge in [0, 0.05) is 23.9 Å². The Kier molecular flexibility index (Phi) is 6.20. The molecule has 3 rings (SSSR count). The molecule has 140 valence electrons. The molecule has 0 aliphatic heterocycles. The molecule has 2 aromatic rings. The first-order chi connectivity index (χ1) is 13.1. The lowest BCUT2D eigenvalue weighted by atomic mass is 10.2. The maximum atomic E-state index is 12.3. The van der Waals surface area contributed by atoms with Crippen LogP contribution in [0.5, 0.6) is 11.5 Å². The maximum Gasteiger partial charge on any atom is 0.225 e. The fourth-order valence-electron chi connectivity index (χ4n) is 3.00. The number of benzene rings is 1. The summed E-state index contributed by atoms with van der Waals surface area (Å²) < 4.78 is 10.4. The number of carbonyl (C=O) groups excluding carboxylic acids is 1. The van der Waals surface area contributed by atoms with Gasteiger partial charge in [-0.3, -0.25) is 4.79 Å². The number of hydrogen-bond acceptors (Lipinski definition) is 6. The SMILES string of the molecule is COc1ccc(NC(=O)CCSc2nc3c(cc2C#N)CCC3)c(OC)c1. The van der Waals surface area contributed by atoms with Gasteiger partial charge in [0.15, 0.2) is 0 Å². The molecule has 1 aromatic heterocycles. The number of ether oxygens (including phenoxy) is 2. The van der Waals surface area contributed by atoms with Gasteiger partial charge in [0.2, 0.25) is 5.91 Å². The third-order valence-electron chi connectivity index (χ3n) is 4.39. The number of hydrogen-bond donors (Lipinski definition) is 1. The van der Waals surface area contributed by atoms with Crippen LogP contribution in [0.1, 0.15) is 29.7 Å². The Balaban J connectivity index is 1.58. The van der Waals surface area contributed by atoms with Crippen molar-refractivity contribution in [1.29, 1.82) is 5.26 Å². The van der Waals surface area contributed by atoms with Crippen molar-refractivity contribution in [3.8, 4) is 17.6 Å². The second-order valence-electron chi connectivity index (χ2n) is 6.13. The summed E-state index contributed by atoms with van der Waals surface area (Å²) in [5.41, 5.74) is 3.46. The summed E-state index contributed by atoms with van der Waals surface area (Å²) in [5, 5.41) is 12.9. The van der Waals surface area contributed by atoms with E-state index in [1.807, 2.05) is 6.07 Å². The topological polar surface area (TPSA) is 84.2 Å². The number of methoxy groups -OCH3 is 2. The first kappa shape index (κ1) is 19.1. The van der Waals surface area contributed by atoms with Crippen LogP contribution in [0, 0.1) is 11.3 Å². The Hall–Kier alpha value is -2.72. The van der Waals surface area contributed by atoms with Crippen LogP contribution < -0.4 is 14.8 Å². The zero-order valence-electron chi connectivity index (χ0n) is 15.4. The van der Waals surface area contributed by atoms with E-state index in [2.05, 4.69) is 16.4 Å². The lowest BCUT2D eigenvalue weighted by Gasteiger charge is -2.11. The number of fused-ring (bicyclic) bond motifs is 1. The number of pyridine rings is 1. The Bertz CT molecular complexity index is 893. The van der Waals surface area contributed by atoms with E-state index >= 15 is 0 Å². The standard InChI is InChI=1S/C20H21N3O3S/c1-25-15-6-7-17(18(11-15)26-2)22-19(24)8-9-27-20-14(12-21)10-13-4-3-5-16(13)23-20/h6-7,10-11H,3-5,8-9H2,1-2H3,(H,22,24). The molecule has 7 heteroatoms. The van der Waals surface area contributed by atoms with E-state index in [-0.39, 0.29) is 5.91 Å². The molecule has 0 unspecified atom stereocenters. The Morgan fingerprint density at radius 3 is 2.89 bits per heavy atom. The van der Waals surface area contributed by atoms with E-state index in [0.29, 0.717) is 39.9 Å². The fraction of sp³-hybridized carbons (Fsp3) is 0.350. The third kappa shape index (κ3) is 4.52. The highest BCUT2D eigenvalue weighted by Gasteiger charge is 2.17. The molecule has 27 heavy (non-hydrogen) atoms. The molecule has 1 aliphatic rings. The van der Waals surface area contributed by atoms with E-state index in [1.54, 1.807) is 32.4 Å². The van der Waals surface area contributed by atoms with Crippen molar-refractivity contribution in [1.82, 2.24) is 4.98 Å². The molecule has 1 amide bonds. The van der Waals surface area contributed by atoms with Crippen molar-refractivity contribution in [2.24, 2.45) is 0 Å². The van der Waals surface area contributed by atoms with Gasteiger partial charge in [0.05, 0.1) is 25.5 Å². The summed E-state index contributed by atoms with van der Waals surface area (Å²) in [6.45, 7) is 0. The number of nitrogens with one attached hydrogen (secondary N) is 1. The molecular weight excluding hydrogens is 362 g/mol. The minimum Gasteiger partial charge on any atom is -0.497 e. The lowest BCUT2D eigenvalue weighted by molar-refractivity contribution is -0.115. The molecule has 0 spiro atoms. The average Bonchev–Trinajstić information content (AvgIpc) is 3.14. The molecule has 0 saturated heterocycles. The van der Waals surface area contributed by atoms with Crippen molar-refractivity contribution in [3.05, 3.63) is 41.1 Å². The molecule has 1 N–H and O–H groups in total. The number of rotatable bonds is 7. The third-order valence-corrected chi connectivity index (χ3v) is 5.38. The zero-order valence-corrected chi connectivity index (χ0v) is 16.2. The minimum absolute atomic E-state index is 0.120. The number of anilines is 1. The molecule has 1 heterocycles. The van der Waals surface area contributed by atoms with Crippen molar-refractivity contribution >= 4 is 23.4 Å². The summed E-state index contributed by atoms with van der Waals surface area (Å²) in [5.74, 6) is 1.63. The zero-order chi connectivity index (χ0) is 19.2. The number of aromatic nitrogens is 1. The molecule has 6 nitrogen and oxygen atoms in total. The molecule has 1 aromatic carbocycles. The van der Waals surface area contributed by atoms with E-state index < -0.39 is 0 Å². The number of nitriles is 1. The van der Waals surface area contributed by atoms with Gasteiger partial charge in [0.25, 0.3) is 0 Å². The van der Waals surface area contributed by atoms with Gasteiger partial charge in [-0.15, -0.1) is 11.8 Å². The molecule has 0 fully saturated rings. The van der Waals surface area contributed by atoms with Crippen LogP contribution in [0.3, 0.4) is 0 Å². The van der Waals surface area contributed by atoms with Gasteiger partial charge in [-0.25, -0.2) is 4.98 Å². The quantitative estimate of drug-likeness (QED) is 0.736. The van der Waals surface area contributed by atoms with E-state index in [4.69, 9.17) is 9.47 Å². The Morgan fingerprint density at radius 1 is 1.30 bits per heavy atom. The molecule has 0 radical (unpaired) electrons. The molecule has 1 aliphatic carbocycles. The number of thioether (sulfide) groups is 1. The van der Waals surface area contributed by atoms with Gasteiger partial charge in [0.1, 0.15) is 22.6 Å². The van der Waals surface area contributed by atoms with E-state index in [0.717, 1.165) is 25.0 Å². The molecular formula is C20H21N3O3S. The smallest absolute Gasteiger partial charge is 0.225 e. The second kappa shape index (κ2) is 8.78. The van der Waals surface area contributed by atoms with Crippen molar-refractivity contribution in [3.63, 3.8) is 0 Å². The van der Waals surface area contributed by atoms with Crippen molar-refractivity contribution in [2.75, 3.05) is 25.3 Å². The number of carbonyl (C=O) groups is 1. The predicted octanol–water partition coefficient (Wildman–Crippen LogP) is 3.58. The van der Waals surface area contributed by atoms with Crippen LogP contribution >= 0.6 is 11.8 Å². The van der Waals surface area contributed by atoms with Gasteiger partial charge < -0.3 is 14.8 Å². The summed E-state index contributed by atoms with van der Waals surface area (Å²) in [6, 6.07) is 9.39. The summed E-state index contributed by atoms with van der Waals surface area (Å²) in [7, 11) is 3.12. The normalized spacial score (nSPS) is 12.2. The predicted molar refractivity (Wildman–Crippen MR) is 104 cm³/mol. The highest BCUT2D eigenvalue weighted by Crippen LogP contribution is 2.30. The van der Waals surface area contributed by atoms with Crippen LogP contribution in [0.4, 0.5) is 5.69 Å². The monoisotopic (exact) mass is 383 g/mol. The highest BCUT2D eigenvalue weighted by atomic mass is 32.2.